The average molecular weight is 719 g/mol. The first-order valence-corrected chi connectivity index (χ1v) is 19.5. The molecule has 4 nitrogen and oxygen atoms in total. The van der Waals surface area contributed by atoms with Gasteiger partial charge in [-0.2, -0.15) is 0 Å². The summed E-state index contributed by atoms with van der Waals surface area (Å²) < 4.78 is 4.99. The molecule has 1 unspecified atom stereocenters. The Hall–Kier alpha value is -6.95. The molecule has 11 aromatic rings. The highest BCUT2D eigenvalue weighted by Crippen LogP contribution is 2.51. The van der Waals surface area contributed by atoms with Crippen molar-refractivity contribution in [3.63, 3.8) is 0 Å². The third-order valence-corrected chi connectivity index (χ3v) is 12.4. The van der Waals surface area contributed by atoms with Crippen molar-refractivity contribution < 1.29 is 0 Å². The monoisotopic (exact) mass is 718 g/mol. The molecule has 3 heterocycles. The predicted octanol–water partition coefficient (Wildman–Crippen LogP) is 13.0. The van der Waals surface area contributed by atoms with Gasteiger partial charge in [-0.3, -0.25) is 0 Å². The van der Waals surface area contributed by atoms with Crippen LogP contribution in [0.3, 0.4) is 0 Å². The summed E-state index contributed by atoms with van der Waals surface area (Å²) in [5.41, 5.74) is 10.5. The second-order valence-corrected chi connectivity index (χ2v) is 15.5. The van der Waals surface area contributed by atoms with Gasteiger partial charge < -0.3 is 4.57 Å². The Balaban J connectivity index is 1.09. The summed E-state index contributed by atoms with van der Waals surface area (Å²) >= 11 is 1.88. The maximum absolute atomic E-state index is 5.24. The van der Waals surface area contributed by atoms with Gasteiger partial charge in [0, 0.05) is 47.8 Å². The van der Waals surface area contributed by atoms with Crippen LogP contribution in [0, 0.1) is 0 Å². The van der Waals surface area contributed by atoms with Crippen molar-refractivity contribution in [1.82, 2.24) is 19.5 Å². The lowest BCUT2D eigenvalue weighted by Gasteiger charge is -2.15. The van der Waals surface area contributed by atoms with Crippen LogP contribution in [-0.2, 0) is 0 Å². The van der Waals surface area contributed by atoms with E-state index < -0.39 is 0 Å². The lowest BCUT2D eigenvalue weighted by molar-refractivity contribution is 0.856. The Morgan fingerprint density at radius 3 is 1.87 bits per heavy atom. The maximum atomic E-state index is 5.24. The summed E-state index contributed by atoms with van der Waals surface area (Å²) in [6, 6.07) is 63.1. The number of rotatable bonds is 4. The molecule has 8 aromatic carbocycles. The first-order valence-electron chi connectivity index (χ1n) is 18.6. The highest BCUT2D eigenvalue weighted by Gasteiger charge is 2.34. The molecule has 12 rings (SSSR count). The molecule has 0 saturated heterocycles. The zero-order valence-corrected chi connectivity index (χ0v) is 30.3. The molecule has 1 aliphatic rings. The van der Waals surface area contributed by atoms with Crippen LogP contribution in [0.1, 0.15) is 22.9 Å². The SMILES string of the molecule is c1ccc(-c2nc(-c3ccccc3)nc(C3c4ccccc4-c4cc5sc6cc7c(cc6c5cc43)c3ccccc3n7-c3ccc4ccccc4c3)n2)cc1. The van der Waals surface area contributed by atoms with Gasteiger partial charge >= 0.3 is 0 Å². The second kappa shape index (κ2) is 11.8. The van der Waals surface area contributed by atoms with Gasteiger partial charge in [0.15, 0.2) is 11.6 Å². The van der Waals surface area contributed by atoms with Gasteiger partial charge in [0.25, 0.3) is 0 Å². The van der Waals surface area contributed by atoms with Crippen LogP contribution in [-0.4, -0.2) is 19.5 Å². The number of para-hydroxylation sites is 1. The summed E-state index contributed by atoms with van der Waals surface area (Å²) in [4.78, 5) is 15.5. The molecule has 0 bridgehead atoms. The number of hydrogen-bond donors (Lipinski definition) is 0. The topological polar surface area (TPSA) is 43.6 Å². The second-order valence-electron chi connectivity index (χ2n) is 14.4. The van der Waals surface area contributed by atoms with Crippen molar-refractivity contribution in [2.24, 2.45) is 0 Å². The Bertz CT molecular complexity index is 3270. The molecule has 0 N–H and O–H groups in total. The Labute approximate surface area is 320 Å². The summed E-state index contributed by atoms with van der Waals surface area (Å²) in [5, 5.41) is 7.54. The molecule has 5 heteroatoms. The molecule has 3 aromatic heterocycles. The fourth-order valence-corrected chi connectivity index (χ4v) is 9.90. The van der Waals surface area contributed by atoms with Crippen LogP contribution in [0.2, 0.25) is 0 Å². The van der Waals surface area contributed by atoms with E-state index in [-0.39, 0.29) is 5.92 Å². The number of aromatic nitrogens is 4. The standard InChI is InChI=1S/C50H30N4S/c1-3-14-31(15-4-1)48-51-49(32-16-5-2-6-17-32)53-50(52-48)47-37-21-10-9-19-35(37)38-28-45-41(27-42(38)47)40-26-39-36-20-11-12-22-43(36)54(44(39)29-46(40)55-45)34-24-23-30-13-7-8-18-33(30)25-34/h1-29,47H. The van der Waals surface area contributed by atoms with Gasteiger partial charge in [-0.25, -0.2) is 15.0 Å². The van der Waals surface area contributed by atoms with E-state index in [0.29, 0.717) is 11.6 Å². The van der Waals surface area contributed by atoms with Gasteiger partial charge in [0.1, 0.15) is 5.82 Å². The lowest BCUT2D eigenvalue weighted by Crippen LogP contribution is -2.09. The number of nitrogens with zero attached hydrogens (tertiary/aromatic N) is 4. The zero-order chi connectivity index (χ0) is 36.0. The zero-order valence-electron chi connectivity index (χ0n) is 29.5. The van der Waals surface area contributed by atoms with E-state index >= 15 is 0 Å². The van der Waals surface area contributed by atoms with Crippen LogP contribution in [0.5, 0.6) is 0 Å². The molecule has 0 fully saturated rings. The predicted molar refractivity (Wildman–Crippen MR) is 228 cm³/mol. The average Bonchev–Trinajstić information content (AvgIpc) is 3.88. The Morgan fingerprint density at radius 2 is 1.07 bits per heavy atom. The Kier molecular flexibility index (Phi) is 6.53. The molecule has 0 spiro atoms. The summed E-state index contributed by atoms with van der Waals surface area (Å²) in [5.74, 6) is 1.99. The molecule has 0 radical (unpaired) electrons. The number of thiophene rings is 1. The third kappa shape index (κ3) is 4.67. The number of fused-ring (bicyclic) bond motifs is 10. The number of benzene rings is 8. The van der Waals surface area contributed by atoms with Crippen LogP contribution in [0.4, 0.5) is 0 Å². The molecule has 1 aliphatic carbocycles. The van der Waals surface area contributed by atoms with E-state index in [1.54, 1.807) is 0 Å². The lowest BCUT2D eigenvalue weighted by atomic mass is 9.94. The van der Waals surface area contributed by atoms with Gasteiger partial charge in [-0.15, -0.1) is 11.3 Å². The van der Waals surface area contributed by atoms with Gasteiger partial charge in [-0.1, -0.05) is 133 Å². The molecule has 1 atom stereocenters. The minimum absolute atomic E-state index is 0.142. The molecule has 0 aliphatic heterocycles. The van der Waals surface area contributed by atoms with Crippen LogP contribution < -0.4 is 0 Å². The van der Waals surface area contributed by atoms with Crippen LogP contribution >= 0.6 is 11.3 Å². The van der Waals surface area contributed by atoms with Crippen molar-refractivity contribution in [3.05, 3.63) is 193 Å². The maximum Gasteiger partial charge on any atom is 0.163 e. The van der Waals surface area contributed by atoms with Crippen molar-refractivity contribution in [3.8, 4) is 39.6 Å². The van der Waals surface area contributed by atoms with Crippen molar-refractivity contribution >= 4 is 64.1 Å². The quantitative estimate of drug-likeness (QED) is 0.182. The Morgan fingerprint density at radius 1 is 0.418 bits per heavy atom. The summed E-state index contributed by atoms with van der Waals surface area (Å²) in [7, 11) is 0. The van der Waals surface area contributed by atoms with Gasteiger partial charge in [-0.05, 0) is 75.5 Å². The van der Waals surface area contributed by atoms with Crippen molar-refractivity contribution in [1.29, 1.82) is 0 Å². The highest BCUT2D eigenvalue weighted by atomic mass is 32.1. The minimum atomic E-state index is -0.142. The molecular weight excluding hydrogens is 689 g/mol. The van der Waals surface area contributed by atoms with E-state index in [9.17, 15) is 0 Å². The largest absolute Gasteiger partial charge is 0.309 e. The van der Waals surface area contributed by atoms with E-state index in [0.717, 1.165) is 17.0 Å². The fraction of sp³-hybridized carbons (Fsp3) is 0.0200. The first kappa shape index (κ1) is 30.5. The molecule has 55 heavy (non-hydrogen) atoms. The molecule has 256 valence electrons. The summed E-state index contributed by atoms with van der Waals surface area (Å²) in [6.45, 7) is 0. The smallest absolute Gasteiger partial charge is 0.163 e. The van der Waals surface area contributed by atoms with Crippen molar-refractivity contribution in [2.45, 2.75) is 5.92 Å². The van der Waals surface area contributed by atoms with E-state index in [1.165, 1.54) is 80.7 Å². The van der Waals surface area contributed by atoms with E-state index in [2.05, 4.69) is 144 Å². The van der Waals surface area contributed by atoms with Gasteiger partial charge in [0.05, 0.1) is 17.0 Å². The van der Waals surface area contributed by atoms with Gasteiger partial charge in [0.2, 0.25) is 0 Å². The summed E-state index contributed by atoms with van der Waals surface area (Å²) in [6.07, 6.45) is 0. The van der Waals surface area contributed by atoms with Crippen LogP contribution in [0.25, 0.3) is 92.3 Å². The molecule has 0 saturated carbocycles. The van der Waals surface area contributed by atoms with E-state index in [4.69, 9.17) is 15.0 Å². The third-order valence-electron chi connectivity index (χ3n) is 11.3. The molecule has 0 amide bonds. The normalized spacial score (nSPS) is 13.6. The first-order chi connectivity index (χ1) is 27.2. The molecular formula is C50H30N4S. The minimum Gasteiger partial charge on any atom is -0.309 e. The highest BCUT2D eigenvalue weighted by molar-refractivity contribution is 7.26. The number of hydrogen-bond acceptors (Lipinski definition) is 4. The van der Waals surface area contributed by atoms with E-state index in [1.807, 2.05) is 47.7 Å². The van der Waals surface area contributed by atoms with Crippen LogP contribution in [0.15, 0.2) is 176 Å². The van der Waals surface area contributed by atoms with Crippen molar-refractivity contribution in [2.75, 3.05) is 0 Å². The fourth-order valence-electron chi connectivity index (χ4n) is 8.76.